The molecule has 0 saturated heterocycles. The van der Waals surface area contributed by atoms with Gasteiger partial charge in [-0.1, -0.05) is 18.2 Å². The molecule has 0 aliphatic rings. The first-order valence-electron chi connectivity index (χ1n) is 7.89. The van der Waals surface area contributed by atoms with Crippen molar-refractivity contribution in [2.24, 2.45) is 7.05 Å². The van der Waals surface area contributed by atoms with Gasteiger partial charge in [0, 0.05) is 25.3 Å². The third kappa shape index (κ3) is 2.82. The Bertz CT molecular complexity index is 969. The first kappa shape index (κ1) is 16.6. The molecular formula is C19H20N4O2. The van der Waals surface area contributed by atoms with Crippen molar-refractivity contribution in [3.05, 3.63) is 76.2 Å². The van der Waals surface area contributed by atoms with Crippen molar-refractivity contribution >= 4 is 17.3 Å². The SMILES string of the molecule is Cc1c(N(C)C(=O)c2ccc(N)cc2)c(=O)n(-c2ccccc2)n1C. The van der Waals surface area contributed by atoms with E-state index in [1.54, 1.807) is 47.7 Å². The average Bonchev–Trinajstić information content (AvgIpc) is 2.84. The van der Waals surface area contributed by atoms with Crippen LogP contribution in [0, 0.1) is 6.92 Å². The number of rotatable bonds is 3. The summed E-state index contributed by atoms with van der Waals surface area (Å²) in [5, 5.41) is 0. The van der Waals surface area contributed by atoms with Crippen LogP contribution in [0.25, 0.3) is 5.69 Å². The second kappa shape index (κ2) is 6.32. The molecule has 0 bridgehead atoms. The van der Waals surface area contributed by atoms with E-state index in [2.05, 4.69) is 0 Å². The van der Waals surface area contributed by atoms with E-state index in [4.69, 9.17) is 5.73 Å². The van der Waals surface area contributed by atoms with Crippen LogP contribution in [-0.2, 0) is 7.05 Å². The van der Waals surface area contributed by atoms with Crippen LogP contribution in [0.1, 0.15) is 16.1 Å². The number of nitrogen functional groups attached to an aromatic ring is 1. The van der Waals surface area contributed by atoms with E-state index in [0.29, 0.717) is 22.6 Å². The standard InChI is InChI=1S/C19H20N4O2/c1-13-17(21(2)18(24)14-9-11-15(20)12-10-14)19(25)23(22(13)3)16-7-5-4-6-8-16/h4-12H,20H2,1-3H3. The highest BCUT2D eigenvalue weighted by atomic mass is 16.2. The van der Waals surface area contributed by atoms with Gasteiger partial charge in [0.2, 0.25) is 0 Å². The number of benzene rings is 2. The lowest BCUT2D eigenvalue weighted by molar-refractivity contribution is 0.0992. The Morgan fingerprint density at radius 2 is 1.64 bits per heavy atom. The van der Waals surface area contributed by atoms with E-state index >= 15 is 0 Å². The number of nitrogens with zero attached hydrogens (tertiary/aromatic N) is 3. The number of aromatic nitrogens is 2. The van der Waals surface area contributed by atoms with Gasteiger partial charge in [-0.25, -0.2) is 4.68 Å². The molecule has 0 aliphatic heterocycles. The Morgan fingerprint density at radius 1 is 1.04 bits per heavy atom. The molecule has 1 amide bonds. The Kier molecular flexibility index (Phi) is 4.19. The minimum atomic E-state index is -0.258. The molecule has 6 nitrogen and oxygen atoms in total. The molecule has 0 spiro atoms. The average molecular weight is 336 g/mol. The predicted molar refractivity (Wildman–Crippen MR) is 99.3 cm³/mol. The van der Waals surface area contributed by atoms with Gasteiger partial charge in [0.05, 0.1) is 11.4 Å². The van der Waals surface area contributed by atoms with Gasteiger partial charge in [-0.15, -0.1) is 0 Å². The molecule has 0 radical (unpaired) electrons. The van der Waals surface area contributed by atoms with Crippen LogP contribution < -0.4 is 16.2 Å². The van der Waals surface area contributed by atoms with Gasteiger partial charge in [-0.05, 0) is 43.3 Å². The van der Waals surface area contributed by atoms with Crippen LogP contribution in [-0.4, -0.2) is 22.3 Å². The summed E-state index contributed by atoms with van der Waals surface area (Å²) in [7, 11) is 3.41. The highest BCUT2D eigenvalue weighted by Gasteiger charge is 2.23. The maximum atomic E-state index is 13.0. The molecule has 0 saturated carbocycles. The molecule has 1 heterocycles. The lowest BCUT2D eigenvalue weighted by atomic mass is 10.2. The third-order valence-corrected chi connectivity index (χ3v) is 4.32. The highest BCUT2D eigenvalue weighted by molar-refractivity contribution is 6.06. The number of carbonyl (C=O) groups is 1. The summed E-state index contributed by atoms with van der Waals surface area (Å²) >= 11 is 0. The molecule has 2 N–H and O–H groups in total. The third-order valence-electron chi connectivity index (χ3n) is 4.32. The maximum Gasteiger partial charge on any atom is 0.295 e. The van der Waals surface area contributed by atoms with Crippen LogP contribution in [0.4, 0.5) is 11.4 Å². The van der Waals surface area contributed by atoms with Crippen molar-refractivity contribution < 1.29 is 4.79 Å². The normalized spacial score (nSPS) is 10.7. The number of carbonyl (C=O) groups excluding carboxylic acids is 1. The molecule has 0 atom stereocenters. The molecule has 0 unspecified atom stereocenters. The van der Waals surface area contributed by atoms with Crippen LogP contribution >= 0.6 is 0 Å². The number of para-hydroxylation sites is 1. The monoisotopic (exact) mass is 336 g/mol. The van der Waals surface area contributed by atoms with Crippen molar-refractivity contribution in [2.45, 2.75) is 6.92 Å². The van der Waals surface area contributed by atoms with E-state index in [0.717, 1.165) is 5.69 Å². The molecular weight excluding hydrogens is 316 g/mol. The van der Waals surface area contributed by atoms with Crippen molar-refractivity contribution in [1.29, 1.82) is 0 Å². The molecule has 0 aliphatic carbocycles. The molecule has 6 heteroatoms. The summed E-state index contributed by atoms with van der Waals surface area (Å²) in [6, 6.07) is 16.0. The van der Waals surface area contributed by atoms with Gasteiger partial charge in [-0.2, -0.15) is 0 Å². The van der Waals surface area contributed by atoms with Crippen molar-refractivity contribution in [1.82, 2.24) is 9.36 Å². The lowest BCUT2D eigenvalue weighted by Gasteiger charge is -2.16. The molecule has 3 rings (SSSR count). The van der Waals surface area contributed by atoms with Crippen LogP contribution in [0.3, 0.4) is 0 Å². The summed E-state index contributed by atoms with van der Waals surface area (Å²) in [5.74, 6) is -0.258. The second-order valence-corrected chi connectivity index (χ2v) is 5.90. The minimum absolute atomic E-state index is 0.238. The minimum Gasteiger partial charge on any atom is -0.399 e. The van der Waals surface area contributed by atoms with E-state index in [9.17, 15) is 9.59 Å². The summed E-state index contributed by atoms with van der Waals surface area (Å²) in [6.45, 7) is 1.82. The smallest absolute Gasteiger partial charge is 0.295 e. The predicted octanol–water partition coefficient (Wildman–Crippen LogP) is 2.34. The largest absolute Gasteiger partial charge is 0.399 e. The van der Waals surface area contributed by atoms with Crippen LogP contribution in [0.2, 0.25) is 0 Å². The number of anilines is 2. The van der Waals surface area contributed by atoms with Gasteiger partial charge in [0.25, 0.3) is 11.5 Å². The van der Waals surface area contributed by atoms with Crippen molar-refractivity contribution in [2.75, 3.05) is 17.7 Å². The van der Waals surface area contributed by atoms with Crippen LogP contribution in [0.15, 0.2) is 59.4 Å². The number of hydrogen-bond donors (Lipinski definition) is 1. The molecule has 1 aromatic heterocycles. The molecule has 2 aromatic carbocycles. The van der Waals surface area contributed by atoms with Crippen molar-refractivity contribution in [3.63, 3.8) is 0 Å². The summed E-state index contributed by atoms with van der Waals surface area (Å²) in [5.41, 5.74) is 8.30. The van der Waals surface area contributed by atoms with E-state index < -0.39 is 0 Å². The fraction of sp³-hybridized carbons (Fsp3) is 0.158. The van der Waals surface area contributed by atoms with E-state index in [1.807, 2.05) is 37.3 Å². The van der Waals surface area contributed by atoms with E-state index in [-0.39, 0.29) is 11.5 Å². The van der Waals surface area contributed by atoms with Gasteiger partial charge >= 0.3 is 0 Å². The molecule has 128 valence electrons. The van der Waals surface area contributed by atoms with Gasteiger partial charge in [0.1, 0.15) is 5.69 Å². The van der Waals surface area contributed by atoms with Gasteiger partial charge in [-0.3, -0.25) is 14.3 Å². The number of nitrogens with two attached hydrogens (primary N) is 1. The zero-order valence-electron chi connectivity index (χ0n) is 14.4. The fourth-order valence-electron chi connectivity index (χ4n) is 2.86. The maximum absolute atomic E-state index is 13.0. The zero-order valence-corrected chi connectivity index (χ0v) is 14.4. The zero-order chi connectivity index (χ0) is 18.1. The Balaban J connectivity index is 2.07. The lowest BCUT2D eigenvalue weighted by Crippen LogP contribution is -2.31. The van der Waals surface area contributed by atoms with Crippen molar-refractivity contribution in [3.8, 4) is 5.69 Å². The summed E-state index contributed by atoms with van der Waals surface area (Å²) in [4.78, 5) is 27.1. The highest BCUT2D eigenvalue weighted by Crippen LogP contribution is 2.19. The molecule has 0 fully saturated rings. The van der Waals surface area contributed by atoms with Gasteiger partial charge in [0.15, 0.2) is 0 Å². The summed E-state index contributed by atoms with van der Waals surface area (Å²) < 4.78 is 3.30. The first-order valence-corrected chi connectivity index (χ1v) is 7.89. The van der Waals surface area contributed by atoms with Crippen LogP contribution in [0.5, 0.6) is 0 Å². The Labute approximate surface area is 145 Å². The summed E-state index contributed by atoms with van der Waals surface area (Å²) in [6.07, 6.45) is 0. The number of hydrogen-bond acceptors (Lipinski definition) is 3. The topological polar surface area (TPSA) is 73.3 Å². The first-order chi connectivity index (χ1) is 11.9. The molecule has 3 aromatic rings. The number of amides is 1. The molecule has 25 heavy (non-hydrogen) atoms. The quantitative estimate of drug-likeness (QED) is 0.746. The van der Waals surface area contributed by atoms with E-state index in [1.165, 1.54) is 4.90 Å². The Hall–Kier alpha value is -3.28. The fourth-order valence-corrected chi connectivity index (χ4v) is 2.86. The second-order valence-electron chi connectivity index (χ2n) is 5.90. The Morgan fingerprint density at radius 3 is 2.24 bits per heavy atom. The van der Waals surface area contributed by atoms with Gasteiger partial charge < -0.3 is 10.6 Å².